The van der Waals surface area contributed by atoms with Crippen LogP contribution in [-0.2, 0) is 47.4 Å². The Morgan fingerprint density at radius 3 is 1.19 bits per heavy atom. The SMILES string of the molecule is CC(=O)C=C(C)O.CC(C)(C)c1cc(-c2[c-]cccc2)ncn1.[CH2-][n+]1c2nc3[n-]c(nc4[n+]([CH2-])c(nc5[n-]c(nc1-c1ccccc1-2)c1ccccc51)-c1ccccc1-4)c1ccccc31.[Cu+2].[Ir].c1ccc(-c2ccnc3c2ccc2c(-c4ccccc4)ccnc23)cc1. The minimum absolute atomic E-state index is 0. The fourth-order valence-corrected chi connectivity index (χ4v) is 11.3. The maximum absolute atomic E-state index is 10.0. The number of pyridine rings is 2. The molecule has 8 bridgehead atoms. The van der Waals surface area contributed by atoms with Crippen LogP contribution in [0, 0.1) is 20.2 Å². The van der Waals surface area contributed by atoms with Gasteiger partial charge in [0.1, 0.15) is 6.33 Å². The molecule has 2 aliphatic heterocycles. The molecule has 460 valence electrons. The van der Waals surface area contributed by atoms with Crippen molar-refractivity contribution in [2.24, 2.45) is 0 Å². The number of aliphatic hydroxyl groups excluding tert-OH is 1. The summed E-state index contributed by atoms with van der Waals surface area (Å²) in [5.41, 5.74) is 15.6. The van der Waals surface area contributed by atoms with Gasteiger partial charge >= 0.3 is 17.1 Å². The number of nitrogens with zero attached hydrogens (tertiary/aromatic N) is 12. The van der Waals surface area contributed by atoms with E-state index in [4.69, 9.17) is 35.0 Å². The van der Waals surface area contributed by atoms with Gasteiger partial charge in [0.05, 0.1) is 16.8 Å². The van der Waals surface area contributed by atoms with Gasteiger partial charge in [-0.15, -0.1) is 35.9 Å². The normalized spacial score (nSPS) is 11.3. The zero-order valence-corrected chi connectivity index (χ0v) is 54.6. The number of carbonyl (C=O) groups excluding carboxylic acids is 1. The zero-order chi connectivity index (χ0) is 62.8. The molecule has 14 nitrogen and oxygen atoms in total. The number of aliphatic hydroxyl groups is 1. The van der Waals surface area contributed by atoms with Crippen molar-refractivity contribution in [2.75, 3.05) is 0 Å². The third kappa shape index (κ3) is 12.9. The number of fused-ring (bicyclic) bond motifs is 23. The number of allylic oxidation sites excluding steroid dienone is 2. The summed E-state index contributed by atoms with van der Waals surface area (Å²) in [6.45, 7) is 9.29. The predicted molar refractivity (Wildman–Crippen MR) is 360 cm³/mol. The first-order valence-corrected chi connectivity index (χ1v) is 29.6. The summed E-state index contributed by atoms with van der Waals surface area (Å²) in [6.07, 6.45) is 6.54. The maximum atomic E-state index is 10.0. The molecule has 16 heteroatoms. The molecule has 2 radical (unpaired) electrons. The second-order valence-electron chi connectivity index (χ2n) is 22.8. The number of hydrogen-bond acceptors (Lipinski definition) is 10. The van der Waals surface area contributed by atoms with Crippen LogP contribution in [0.25, 0.3) is 145 Å². The Bertz CT molecular complexity index is 4890. The molecule has 0 saturated carbocycles. The number of hydrogen-bond donors (Lipinski definition) is 1. The summed E-state index contributed by atoms with van der Waals surface area (Å²) in [4.78, 5) is 58.2. The molecule has 0 atom stereocenters. The number of rotatable bonds is 4. The van der Waals surface area contributed by atoms with Crippen molar-refractivity contribution in [1.29, 1.82) is 0 Å². The van der Waals surface area contributed by atoms with E-state index in [0.717, 1.165) is 82.6 Å². The Hall–Kier alpha value is -10.9. The topological polar surface area (TPSA) is 176 Å². The van der Waals surface area contributed by atoms with Crippen molar-refractivity contribution in [2.45, 2.75) is 40.0 Å². The fraction of sp³-hybridized carbons (Fsp3) is 0.0779. The van der Waals surface area contributed by atoms with Crippen LogP contribution in [0.4, 0.5) is 0 Å². The number of aromatic nitrogens is 12. The van der Waals surface area contributed by atoms with Crippen LogP contribution < -0.4 is 19.1 Å². The van der Waals surface area contributed by atoms with E-state index in [1.807, 2.05) is 152 Å². The summed E-state index contributed by atoms with van der Waals surface area (Å²) in [5, 5.41) is 14.2. The van der Waals surface area contributed by atoms with Crippen LogP contribution in [0.2, 0.25) is 0 Å². The number of carbonyl (C=O) groups is 1. The summed E-state index contributed by atoms with van der Waals surface area (Å²) in [5.74, 6) is 2.55. The van der Waals surface area contributed by atoms with Gasteiger partial charge in [-0.3, -0.25) is 19.7 Å². The molecule has 14 aromatic rings. The zero-order valence-electron chi connectivity index (χ0n) is 51.3. The van der Waals surface area contributed by atoms with Crippen LogP contribution in [0.15, 0.2) is 243 Å². The molecule has 16 rings (SSSR count). The molecular weight excluding hydrogens is 1380 g/mol. The van der Waals surface area contributed by atoms with E-state index in [1.165, 1.54) is 42.2 Å². The van der Waals surface area contributed by atoms with Crippen molar-refractivity contribution in [3.63, 3.8) is 0 Å². The molecule has 93 heavy (non-hydrogen) atoms. The molecule has 0 saturated heterocycles. The number of benzene rings is 8. The molecule has 0 fully saturated rings. The van der Waals surface area contributed by atoms with Gasteiger partial charge in [-0.25, -0.2) is 4.98 Å². The van der Waals surface area contributed by atoms with E-state index in [-0.39, 0.29) is 54.1 Å². The molecule has 6 aromatic heterocycles. The smallest absolute Gasteiger partial charge is 0.512 e. The van der Waals surface area contributed by atoms with Crippen LogP contribution >= 0.6 is 0 Å². The molecule has 0 aliphatic carbocycles. The second-order valence-corrected chi connectivity index (χ2v) is 22.8. The quantitative estimate of drug-likeness (QED) is 0.0441. The van der Waals surface area contributed by atoms with Gasteiger partial charge in [-0.1, -0.05) is 211 Å². The average Bonchev–Trinajstić information content (AvgIpc) is 1.72. The van der Waals surface area contributed by atoms with Crippen LogP contribution in [0.3, 0.4) is 0 Å². The Kier molecular flexibility index (Phi) is 18.7. The van der Waals surface area contributed by atoms with Crippen molar-refractivity contribution < 1.29 is 56.2 Å². The van der Waals surface area contributed by atoms with Gasteiger partial charge < -0.3 is 39.2 Å². The van der Waals surface area contributed by atoms with Gasteiger partial charge in [0.2, 0.25) is 0 Å². The summed E-state index contributed by atoms with van der Waals surface area (Å²) in [6, 6.07) is 74.5. The standard InChI is InChI=1S/C34H20N8.C24H16N2.C14H15N2.C5H8O2.Cu.Ir/c1-41-31-23-15-7-8-16-24(23)32(41)38-28-20-12-4-6-14-22(20)30(36-28)40-34-26-18-10-9-17-25(26)33(42(34)2)39-29-21-13-5-3-11-19(21)27(35-29)37-31;1-3-7-17(8-4-1)19-13-15-25-23-21(19)11-12-22-20(14-16-26-24(22)23)18-9-5-2-6-10-18;1-14(2,3)13-9-12(15-10-16-13)11-7-5-4-6-8-11;1-4(6)3-5(2)7;;/h3-18H,1-2H2;1-16H;4-7,9-10H,1-3H3;3,6H,1-2H3;;/q-2;;-1;;+2;. The van der Waals surface area contributed by atoms with Gasteiger partial charge in [-0.2, -0.15) is 4.98 Å². The largest absolute Gasteiger partial charge is 2.00 e. The Morgan fingerprint density at radius 2 is 0.849 bits per heavy atom. The minimum Gasteiger partial charge on any atom is -0.512 e. The van der Waals surface area contributed by atoms with Gasteiger partial charge in [-0.05, 0) is 92.3 Å². The van der Waals surface area contributed by atoms with Crippen LogP contribution in [0.1, 0.15) is 40.3 Å². The van der Waals surface area contributed by atoms with E-state index in [9.17, 15) is 4.79 Å². The van der Waals surface area contributed by atoms with E-state index in [0.29, 0.717) is 45.9 Å². The molecule has 8 heterocycles. The van der Waals surface area contributed by atoms with E-state index >= 15 is 0 Å². The average molecular weight is 1440 g/mol. The third-order valence-corrected chi connectivity index (χ3v) is 15.6. The van der Waals surface area contributed by atoms with Crippen molar-refractivity contribution in [3.8, 4) is 79.1 Å². The minimum atomic E-state index is -0.125. The first-order chi connectivity index (χ1) is 44.3. The predicted octanol–water partition coefficient (Wildman–Crippen LogP) is 15.6. The summed E-state index contributed by atoms with van der Waals surface area (Å²) < 4.78 is 3.52. The van der Waals surface area contributed by atoms with Crippen molar-refractivity contribution >= 4 is 71.7 Å². The molecule has 2 aliphatic rings. The monoisotopic (exact) mass is 1440 g/mol. The van der Waals surface area contributed by atoms with E-state index in [1.54, 1.807) is 15.5 Å². The molecule has 1 N–H and O–H groups in total. The summed E-state index contributed by atoms with van der Waals surface area (Å²) >= 11 is 0. The van der Waals surface area contributed by atoms with Gasteiger partial charge in [0, 0.05) is 100 Å². The van der Waals surface area contributed by atoms with Gasteiger partial charge in [0.25, 0.3) is 0 Å². The van der Waals surface area contributed by atoms with Crippen molar-refractivity contribution in [1.82, 2.24) is 49.8 Å². The fourth-order valence-electron chi connectivity index (χ4n) is 11.3. The first-order valence-electron chi connectivity index (χ1n) is 29.6. The molecule has 0 spiro atoms. The molecular formula is C77H59CuIrN12O2-. The maximum Gasteiger partial charge on any atom is 2.00 e. The van der Waals surface area contributed by atoms with E-state index < -0.39 is 0 Å². The Balaban J connectivity index is 0.000000148. The first kappa shape index (κ1) is 63.7. The Labute approximate surface area is 561 Å². The Morgan fingerprint density at radius 1 is 0.473 bits per heavy atom. The molecule has 0 amide bonds. The molecule has 8 aromatic carbocycles. The van der Waals surface area contributed by atoms with Gasteiger partial charge in [0.15, 0.2) is 17.3 Å². The third-order valence-electron chi connectivity index (χ3n) is 15.6. The second kappa shape index (κ2) is 27.3. The van der Waals surface area contributed by atoms with E-state index in [2.05, 4.69) is 134 Å². The summed E-state index contributed by atoms with van der Waals surface area (Å²) in [7, 11) is 8.73. The van der Waals surface area contributed by atoms with Crippen molar-refractivity contribution in [3.05, 3.63) is 269 Å². The van der Waals surface area contributed by atoms with Crippen LogP contribution in [0.5, 0.6) is 0 Å². The molecule has 0 unspecified atom stereocenters. The van der Waals surface area contributed by atoms with Crippen LogP contribution in [-0.4, -0.2) is 50.8 Å². The number of ketones is 1.